The molecule has 1 atom stereocenters. The minimum Gasteiger partial charge on any atom is -0.310 e. The van der Waals surface area contributed by atoms with Gasteiger partial charge in [-0.25, -0.2) is 4.39 Å². The number of hydrogen-bond donors (Lipinski definition) is 1. The van der Waals surface area contributed by atoms with Crippen molar-refractivity contribution in [2.24, 2.45) is 17.3 Å². The third-order valence-corrected chi connectivity index (χ3v) is 5.16. The molecule has 0 unspecified atom stereocenters. The molecule has 0 aromatic heterocycles. The lowest BCUT2D eigenvalue weighted by atomic mass is 9.70. The number of hydrogen-bond acceptors (Lipinski definition) is 1. The van der Waals surface area contributed by atoms with Crippen LogP contribution in [0.4, 0.5) is 4.39 Å². The van der Waals surface area contributed by atoms with Gasteiger partial charge in [-0.2, -0.15) is 0 Å². The van der Waals surface area contributed by atoms with Gasteiger partial charge in [-0.1, -0.05) is 39.0 Å². The normalized spacial score (nSPS) is 24.8. The van der Waals surface area contributed by atoms with E-state index in [0.717, 1.165) is 23.9 Å². The van der Waals surface area contributed by atoms with Crippen molar-refractivity contribution in [1.29, 1.82) is 0 Å². The number of rotatable bonds is 4. The maximum absolute atomic E-state index is 13.7. The topological polar surface area (TPSA) is 12.0 Å². The monoisotopic (exact) mass is 291 g/mol. The summed E-state index contributed by atoms with van der Waals surface area (Å²) in [5.41, 5.74) is 1.22. The zero-order valence-corrected chi connectivity index (χ0v) is 14.0. The quantitative estimate of drug-likeness (QED) is 0.790. The van der Waals surface area contributed by atoms with Crippen LogP contribution in [0.25, 0.3) is 0 Å². The van der Waals surface area contributed by atoms with Crippen molar-refractivity contribution in [2.45, 2.75) is 59.4 Å². The Hall–Kier alpha value is -0.890. The molecule has 1 aromatic carbocycles. The second-order valence-electron chi connectivity index (χ2n) is 7.74. The second kappa shape index (κ2) is 6.91. The van der Waals surface area contributed by atoms with Crippen LogP contribution in [0.2, 0.25) is 0 Å². The van der Waals surface area contributed by atoms with Crippen LogP contribution in [0.1, 0.15) is 65.0 Å². The first kappa shape index (κ1) is 16.5. The molecule has 2 rings (SSSR count). The summed E-state index contributed by atoms with van der Waals surface area (Å²) in [5.74, 6) is 1.50. The number of benzene rings is 1. The van der Waals surface area contributed by atoms with E-state index >= 15 is 0 Å². The SMILES string of the molecule is C[C@@H](NCC1CCC(C(C)(C)C)CC1)c1ccccc1F. The fraction of sp³-hybridized carbons (Fsp3) is 0.684. The zero-order chi connectivity index (χ0) is 15.5. The predicted octanol–water partition coefficient (Wildman–Crippen LogP) is 5.33. The molecule has 1 saturated carbocycles. The Labute approximate surface area is 129 Å². The molecule has 0 aliphatic heterocycles. The summed E-state index contributed by atoms with van der Waals surface area (Å²) in [6, 6.07) is 7.17. The average Bonchev–Trinajstić information content (AvgIpc) is 2.45. The molecule has 0 spiro atoms. The van der Waals surface area contributed by atoms with Crippen molar-refractivity contribution in [2.75, 3.05) is 6.54 Å². The van der Waals surface area contributed by atoms with Gasteiger partial charge in [0.05, 0.1) is 0 Å². The van der Waals surface area contributed by atoms with E-state index in [0.29, 0.717) is 5.41 Å². The Morgan fingerprint density at radius 1 is 1.14 bits per heavy atom. The minimum atomic E-state index is -0.103. The summed E-state index contributed by atoms with van der Waals surface area (Å²) in [4.78, 5) is 0. The van der Waals surface area contributed by atoms with E-state index in [1.807, 2.05) is 12.1 Å². The van der Waals surface area contributed by atoms with Gasteiger partial charge >= 0.3 is 0 Å². The summed E-state index contributed by atoms with van der Waals surface area (Å²) < 4.78 is 13.7. The van der Waals surface area contributed by atoms with Crippen molar-refractivity contribution in [3.8, 4) is 0 Å². The molecule has 1 aliphatic rings. The van der Waals surface area contributed by atoms with Gasteiger partial charge < -0.3 is 5.32 Å². The van der Waals surface area contributed by atoms with E-state index in [4.69, 9.17) is 0 Å². The third kappa shape index (κ3) is 4.54. The molecular weight excluding hydrogens is 261 g/mol. The summed E-state index contributed by atoms with van der Waals surface area (Å²) in [7, 11) is 0. The highest BCUT2D eigenvalue weighted by molar-refractivity contribution is 5.20. The van der Waals surface area contributed by atoms with Gasteiger partial charge in [0, 0.05) is 11.6 Å². The largest absolute Gasteiger partial charge is 0.310 e. The fourth-order valence-electron chi connectivity index (χ4n) is 3.51. The first-order valence-corrected chi connectivity index (χ1v) is 8.35. The van der Waals surface area contributed by atoms with Gasteiger partial charge in [0.1, 0.15) is 5.82 Å². The Morgan fingerprint density at radius 3 is 2.33 bits per heavy atom. The molecule has 0 bridgehead atoms. The van der Waals surface area contributed by atoms with Crippen LogP contribution in [-0.2, 0) is 0 Å². The second-order valence-corrected chi connectivity index (χ2v) is 7.74. The van der Waals surface area contributed by atoms with Crippen LogP contribution in [0.5, 0.6) is 0 Å². The van der Waals surface area contributed by atoms with E-state index in [1.54, 1.807) is 12.1 Å². The molecule has 1 aromatic rings. The Balaban J connectivity index is 1.79. The molecule has 0 saturated heterocycles. The van der Waals surface area contributed by atoms with E-state index < -0.39 is 0 Å². The van der Waals surface area contributed by atoms with E-state index in [2.05, 4.69) is 33.0 Å². The summed E-state index contributed by atoms with van der Waals surface area (Å²) in [6.07, 6.45) is 5.28. The molecule has 0 amide bonds. The fourth-order valence-corrected chi connectivity index (χ4v) is 3.51. The summed E-state index contributed by atoms with van der Waals surface area (Å²) in [6.45, 7) is 10.1. The smallest absolute Gasteiger partial charge is 0.127 e. The van der Waals surface area contributed by atoms with E-state index in [1.165, 1.54) is 25.7 Å². The molecule has 21 heavy (non-hydrogen) atoms. The molecule has 118 valence electrons. The molecule has 0 heterocycles. The Morgan fingerprint density at radius 2 is 1.76 bits per heavy atom. The maximum atomic E-state index is 13.7. The first-order chi connectivity index (χ1) is 9.88. The maximum Gasteiger partial charge on any atom is 0.127 e. The Kier molecular flexibility index (Phi) is 5.43. The van der Waals surface area contributed by atoms with Gasteiger partial charge in [-0.05, 0) is 62.5 Å². The van der Waals surface area contributed by atoms with Crippen LogP contribution in [0.3, 0.4) is 0 Å². The minimum absolute atomic E-state index is 0.0894. The van der Waals surface area contributed by atoms with Crippen molar-refractivity contribution in [3.05, 3.63) is 35.6 Å². The highest BCUT2D eigenvalue weighted by Crippen LogP contribution is 2.39. The highest BCUT2D eigenvalue weighted by atomic mass is 19.1. The lowest BCUT2D eigenvalue weighted by Crippen LogP contribution is -2.31. The zero-order valence-electron chi connectivity index (χ0n) is 14.0. The van der Waals surface area contributed by atoms with Crippen LogP contribution in [0, 0.1) is 23.1 Å². The average molecular weight is 291 g/mol. The molecular formula is C19H30FN. The molecule has 2 heteroatoms. The standard InChI is InChI=1S/C19H30FN/c1-14(17-7-5-6-8-18(17)20)21-13-15-9-11-16(12-10-15)19(2,3)4/h5-8,14-16,21H,9-13H2,1-4H3/t14-,15?,16?/m1/s1. The van der Waals surface area contributed by atoms with Crippen molar-refractivity contribution >= 4 is 0 Å². The van der Waals surface area contributed by atoms with Crippen LogP contribution < -0.4 is 5.32 Å². The van der Waals surface area contributed by atoms with Gasteiger partial charge in [0.2, 0.25) is 0 Å². The van der Waals surface area contributed by atoms with Crippen molar-refractivity contribution in [1.82, 2.24) is 5.32 Å². The molecule has 1 N–H and O–H groups in total. The summed E-state index contributed by atoms with van der Waals surface area (Å²) in [5, 5.41) is 3.52. The van der Waals surface area contributed by atoms with Gasteiger partial charge in [0.15, 0.2) is 0 Å². The van der Waals surface area contributed by atoms with Gasteiger partial charge in [0.25, 0.3) is 0 Å². The number of nitrogens with one attached hydrogen (secondary N) is 1. The van der Waals surface area contributed by atoms with E-state index in [-0.39, 0.29) is 11.9 Å². The molecule has 1 aliphatic carbocycles. The Bertz CT molecular complexity index is 441. The molecule has 1 fully saturated rings. The van der Waals surface area contributed by atoms with Crippen LogP contribution >= 0.6 is 0 Å². The number of halogens is 1. The van der Waals surface area contributed by atoms with Crippen molar-refractivity contribution in [3.63, 3.8) is 0 Å². The predicted molar refractivity (Wildman–Crippen MR) is 87.7 cm³/mol. The highest BCUT2D eigenvalue weighted by Gasteiger charge is 2.29. The summed E-state index contributed by atoms with van der Waals surface area (Å²) >= 11 is 0. The van der Waals surface area contributed by atoms with Crippen LogP contribution in [-0.4, -0.2) is 6.54 Å². The first-order valence-electron chi connectivity index (χ1n) is 8.35. The van der Waals surface area contributed by atoms with E-state index in [9.17, 15) is 4.39 Å². The van der Waals surface area contributed by atoms with Crippen molar-refractivity contribution < 1.29 is 4.39 Å². The lowest BCUT2D eigenvalue weighted by molar-refractivity contribution is 0.148. The molecule has 0 radical (unpaired) electrons. The van der Waals surface area contributed by atoms with Crippen LogP contribution in [0.15, 0.2) is 24.3 Å². The third-order valence-electron chi connectivity index (χ3n) is 5.16. The molecule has 1 nitrogen and oxygen atoms in total. The lowest BCUT2D eigenvalue weighted by Gasteiger charge is -2.37. The van der Waals surface area contributed by atoms with Gasteiger partial charge in [-0.15, -0.1) is 0 Å². The van der Waals surface area contributed by atoms with Gasteiger partial charge in [-0.3, -0.25) is 0 Å².